The van der Waals surface area contributed by atoms with E-state index in [0.717, 1.165) is 5.57 Å². The molecule has 0 aliphatic heterocycles. The monoisotopic (exact) mass is 145 g/mol. The number of hydrogen-bond donors (Lipinski definition) is 2. The van der Waals surface area contributed by atoms with Gasteiger partial charge in [-0.1, -0.05) is 9.24 Å². The predicted molar refractivity (Wildman–Crippen MR) is 38.7 cm³/mol. The van der Waals surface area contributed by atoms with Gasteiger partial charge in [0, 0.05) is 23.4 Å². The lowest BCUT2D eigenvalue weighted by atomic mass is 11.0. The van der Waals surface area contributed by atoms with Crippen molar-refractivity contribution in [2.24, 2.45) is 0 Å². The maximum absolute atomic E-state index is 3.82. The van der Waals surface area contributed by atoms with Gasteiger partial charge in [0.25, 0.3) is 0 Å². The van der Waals surface area contributed by atoms with E-state index >= 15 is 0 Å². The van der Waals surface area contributed by atoms with Crippen LogP contribution in [0.2, 0.25) is 0 Å². The Morgan fingerprint density at radius 3 is 2.38 bits per heavy atom. The fourth-order valence-corrected chi connectivity index (χ4v) is 0.460. The molecule has 1 aromatic rings. The van der Waals surface area contributed by atoms with E-state index in [0.29, 0.717) is 0 Å². The van der Waals surface area contributed by atoms with Crippen LogP contribution < -0.4 is 11.7 Å². The van der Waals surface area contributed by atoms with Crippen LogP contribution in [0.5, 0.6) is 0 Å². The third kappa shape index (κ3) is 2.90. The highest BCUT2D eigenvalue weighted by atomic mass is 31.0. The molecule has 0 saturated heterocycles. The van der Waals surface area contributed by atoms with E-state index in [1.165, 1.54) is 0 Å². The summed E-state index contributed by atoms with van der Waals surface area (Å²) in [7, 11) is 2.45. The van der Waals surface area contributed by atoms with Crippen molar-refractivity contribution < 1.29 is 0 Å². The Hall–Kier alpha value is -0.183. The molecule has 1 rings (SSSR count). The smallest absolute Gasteiger partial charge is 0.122 e. The molecule has 1 unspecified atom stereocenters. The lowest BCUT2D eigenvalue weighted by Crippen LogP contribution is -1.90. The van der Waals surface area contributed by atoms with E-state index in [4.69, 9.17) is 0 Å². The molecule has 4 radical (unpaired) electrons. The van der Waals surface area contributed by atoms with Crippen LogP contribution in [0.3, 0.4) is 0 Å². The number of nitrogens with zero attached hydrogens (tertiary/aromatic N) is 1. The molecule has 0 spiro atoms. The third-order valence-corrected chi connectivity index (χ3v) is 0.835. The van der Waals surface area contributed by atoms with Gasteiger partial charge < -0.3 is 11.1 Å². The Morgan fingerprint density at radius 2 is 2.25 bits per heavy atom. The van der Waals surface area contributed by atoms with E-state index in [-0.39, 0.29) is 17.1 Å². The number of imidazole rings is 1. The van der Waals surface area contributed by atoms with Gasteiger partial charge in [-0.05, 0) is 0 Å². The van der Waals surface area contributed by atoms with Crippen LogP contribution in [0.4, 0.5) is 0 Å². The molecule has 1 atom stereocenters. The second-order valence-electron chi connectivity index (χ2n) is 0.974. The molecular formula is C3H8N3PSi. The molecule has 44 valence electrons. The van der Waals surface area contributed by atoms with Gasteiger partial charge in [0.15, 0.2) is 0 Å². The second kappa shape index (κ2) is 4.96. The number of hydrogen-bond acceptors (Lipinski definition) is 2. The lowest BCUT2D eigenvalue weighted by molar-refractivity contribution is 1.42. The first-order chi connectivity index (χ1) is 2.89. The molecular weight excluding hydrogens is 137 g/mol. The number of aromatic nitrogens is 2. The zero-order valence-corrected chi connectivity index (χ0v) is 6.54. The first-order valence-corrected chi connectivity index (χ1v) is 2.22. The van der Waals surface area contributed by atoms with Crippen LogP contribution in [0, 0.1) is 0 Å². The van der Waals surface area contributed by atoms with Gasteiger partial charge in [0.2, 0.25) is 0 Å². The minimum atomic E-state index is 0. The molecule has 0 aliphatic carbocycles. The quantitative estimate of drug-likeness (QED) is 0.388. The van der Waals surface area contributed by atoms with Crippen molar-refractivity contribution in [3.8, 4) is 0 Å². The Balaban J connectivity index is 0. The summed E-state index contributed by atoms with van der Waals surface area (Å²) >= 11 is 0. The molecule has 5 heteroatoms. The summed E-state index contributed by atoms with van der Waals surface area (Å²) in [6, 6.07) is 0. The van der Waals surface area contributed by atoms with Gasteiger partial charge >= 0.3 is 0 Å². The van der Waals surface area contributed by atoms with Gasteiger partial charge in [0.05, 0.1) is 0 Å². The zero-order valence-electron chi connectivity index (χ0n) is 4.39. The number of aromatic amines is 1. The molecule has 8 heavy (non-hydrogen) atoms. The largest absolute Gasteiger partial charge is 0.345 e. The van der Waals surface area contributed by atoms with Crippen molar-refractivity contribution in [1.82, 2.24) is 16.1 Å². The summed E-state index contributed by atoms with van der Waals surface area (Å²) in [6.07, 6.45) is 3.49. The highest BCUT2D eigenvalue weighted by molar-refractivity contribution is 7.26. The van der Waals surface area contributed by atoms with Crippen LogP contribution in [0.15, 0.2) is 12.4 Å². The standard InChI is InChI=1S/C3H5N2P.H3N.Si/c6-3-4-1-2-5-3;;/h1-2H,6H2,(H,4,5);1H3;. The Morgan fingerprint density at radius 1 is 1.62 bits per heavy atom. The Bertz CT molecular complexity index is 118. The second-order valence-corrected chi connectivity index (χ2v) is 1.52. The minimum absolute atomic E-state index is 0. The SMILES string of the molecule is N.Pc1ncc[nH]1.[Si]. The first-order valence-electron chi connectivity index (χ1n) is 1.64. The van der Waals surface area contributed by atoms with Crippen LogP contribution in [0.25, 0.3) is 0 Å². The van der Waals surface area contributed by atoms with Crippen molar-refractivity contribution in [2.75, 3.05) is 0 Å². The van der Waals surface area contributed by atoms with Crippen molar-refractivity contribution in [3.05, 3.63) is 12.4 Å². The third-order valence-electron chi connectivity index (χ3n) is 0.519. The van der Waals surface area contributed by atoms with Crippen LogP contribution in [-0.4, -0.2) is 20.9 Å². The molecule has 0 aromatic carbocycles. The fourth-order valence-electron chi connectivity index (χ4n) is 0.277. The Kier molecular flexibility index (Phi) is 6.66. The molecule has 0 saturated carbocycles. The molecule has 3 nitrogen and oxygen atoms in total. The van der Waals surface area contributed by atoms with Crippen molar-refractivity contribution in [2.45, 2.75) is 0 Å². The molecule has 0 bridgehead atoms. The molecule has 1 heterocycles. The van der Waals surface area contributed by atoms with E-state index in [1.54, 1.807) is 12.4 Å². The molecule has 1 aromatic heterocycles. The van der Waals surface area contributed by atoms with Crippen molar-refractivity contribution in [1.29, 1.82) is 0 Å². The molecule has 0 amide bonds. The maximum atomic E-state index is 3.82. The van der Waals surface area contributed by atoms with E-state index in [2.05, 4.69) is 19.2 Å². The van der Waals surface area contributed by atoms with Gasteiger partial charge in [-0.15, -0.1) is 0 Å². The van der Waals surface area contributed by atoms with E-state index < -0.39 is 0 Å². The van der Waals surface area contributed by atoms with E-state index in [1.807, 2.05) is 0 Å². The maximum Gasteiger partial charge on any atom is 0.122 e. The fraction of sp³-hybridized carbons (Fsp3) is 0. The van der Waals surface area contributed by atoms with Gasteiger partial charge in [0.1, 0.15) is 5.57 Å². The molecule has 4 N–H and O–H groups in total. The van der Waals surface area contributed by atoms with E-state index in [9.17, 15) is 0 Å². The van der Waals surface area contributed by atoms with Gasteiger partial charge in [-0.3, -0.25) is 0 Å². The van der Waals surface area contributed by atoms with Gasteiger partial charge in [-0.25, -0.2) is 4.98 Å². The highest BCUT2D eigenvalue weighted by Gasteiger charge is 1.73. The summed E-state index contributed by atoms with van der Waals surface area (Å²) in [4.78, 5) is 6.68. The average molecular weight is 145 g/mol. The number of rotatable bonds is 0. The average Bonchev–Trinajstić information content (AvgIpc) is 1.86. The first kappa shape index (κ1) is 10.7. The number of H-pyrrole nitrogens is 1. The van der Waals surface area contributed by atoms with Crippen molar-refractivity contribution >= 4 is 25.8 Å². The van der Waals surface area contributed by atoms with Crippen LogP contribution >= 0.6 is 9.24 Å². The topological polar surface area (TPSA) is 63.7 Å². The van der Waals surface area contributed by atoms with Crippen LogP contribution in [-0.2, 0) is 0 Å². The van der Waals surface area contributed by atoms with Crippen molar-refractivity contribution in [3.63, 3.8) is 0 Å². The molecule has 0 fully saturated rings. The van der Waals surface area contributed by atoms with Gasteiger partial charge in [-0.2, -0.15) is 0 Å². The number of nitrogens with one attached hydrogen (secondary N) is 1. The Labute approximate surface area is 55.1 Å². The summed E-state index contributed by atoms with van der Waals surface area (Å²) in [5, 5.41) is 0. The summed E-state index contributed by atoms with van der Waals surface area (Å²) < 4.78 is 0. The molecule has 0 aliphatic rings. The normalized spacial score (nSPS) is 6.62. The van der Waals surface area contributed by atoms with Crippen LogP contribution in [0.1, 0.15) is 0 Å². The summed E-state index contributed by atoms with van der Waals surface area (Å²) in [6.45, 7) is 0. The minimum Gasteiger partial charge on any atom is -0.345 e. The summed E-state index contributed by atoms with van der Waals surface area (Å²) in [5.41, 5.74) is 0.884. The summed E-state index contributed by atoms with van der Waals surface area (Å²) in [5.74, 6) is 0. The zero-order chi connectivity index (χ0) is 4.41. The highest BCUT2D eigenvalue weighted by Crippen LogP contribution is 1.74. The lowest BCUT2D eigenvalue weighted by Gasteiger charge is -1.68. The predicted octanol–water partition coefficient (Wildman–Crippen LogP) is -0.309.